The average Bonchev–Trinajstić information content (AvgIpc) is 2.62. The second-order valence-corrected chi connectivity index (χ2v) is 6.38. The maximum Gasteiger partial charge on any atom is 0.227 e. The highest BCUT2D eigenvalue weighted by Crippen LogP contribution is 2.33. The molecule has 0 saturated carbocycles. The number of carbonyl (C=O) groups is 1. The molecule has 0 fully saturated rings. The van der Waals surface area contributed by atoms with E-state index in [1.165, 1.54) is 5.56 Å². The largest absolute Gasteiger partial charge is 0.324 e. The number of para-hydroxylation sites is 1. The molecular formula is C21H19N3O. The van der Waals surface area contributed by atoms with E-state index in [9.17, 15) is 4.79 Å². The van der Waals surface area contributed by atoms with Crippen molar-refractivity contribution in [2.45, 2.75) is 25.7 Å². The van der Waals surface area contributed by atoms with Crippen molar-refractivity contribution in [3.05, 3.63) is 83.2 Å². The monoisotopic (exact) mass is 329 g/mol. The number of aryl methyl sites for hydroxylation is 1. The molecule has 1 atom stereocenters. The first-order chi connectivity index (χ1) is 12.2. The van der Waals surface area contributed by atoms with Gasteiger partial charge in [-0.2, -0.15) is 0 Å². The lowest BCUT2D eigenvalue weighted by molar-refractivity contribution is 0.0962. The van der Waals surface area contributed by atoms with Gasteiger partial charge in [0.25, 0.3) is 0 Å². The highest BCUT2D eigenvalue weighted by molar-refractivity contribution is 5.99. The lowest BCUT2D eigenvalue weighted by Crippen LogP contribution is -2.22. The van der Waals surface area contributed by atoms with Crippen molar-refractivity contribution in [3.63, 3.8) is 0 Å². The number of benzene rings is 2. The van der Waals surface area contributed by atoms with Crippen LogP contribution in [0.3, 0.4) is 0 Å². The molecule has 0 amide bonds. The standard InChI is InChI=1S/C21H19N3O/c1-14-20-18(24-21(22-14)23-17-10-6-3-7-11-17)12-16(13-19(20)25)15-8-4-2-5-9-15/h2-11,16H,12-13H2,1H3,(H,22,23,24)/t16-/m0/s1. The zero-order valence-corrected chi connectivity index (χ0v) is 14.1. The second-order valence-electron chi connectivity index (χ2n) is 6.38. The SMILES string of the molecule is Cc1nc(Nc2ccccc2)nc2c1C(=O)C[C@@H](c1ccccc1)C2. The Morgan fingerprint density at radius 1 is 0.920 bits per heavy atom. The predicted molar refractivity (Wildman–Crippen MR) is 98.3 cm³/mol. The number of ketones is 1. The van der Waals surface area contributed by atoms with Gasteiger partial charge in [-0.15, -0.1) is 0 Å². The topological polar surface area (TPSA) is 54.9 Å². The van der Waals surface area contributed by atoms with E-state index in [0.717, 1.165) is 23.5 Å². The number of hydrogen-bond donors (Lipinski definition) is 1. The molecule has 3 aromatic rings. The minimum atomic E-state index is 0.138. The summed E-state index contributed by atoms with van der Waals surface area (Å²) in [5.74, 6) is 0.864. The van der Waals surface area contributed by atoms with Gasteiger partial charge in [-0.1, -0.05) is 48.5 Å². The third kappa shape index (κ3) is 3.15. The average molecular weight is 329 g/mol. The molecule has 1 aliphatic carbocycles. The van der Waals surface area contributed by atoms with Crippen LogP contribution in [0, 0.1) is 6.92 Å². The number of rotatable bonds is 3. The Kier molecular flexibility index (Phi) is 4.02. The van der Waals surface area contributed by atoms with Gasteiger partial charge in [0, 0.05) is 12.1 Å². The van der Waals surface area contributed by atoms with Gasteiger partial charge >= 0.3 is 0 Å². The summed E-state index contributed by atoms with van der Waals surface area (Å²) in [5.41, 5.74) is 4.42. The van der Waals surface area contributed by atoms with E-state index in [0.29, 0.717) is 17.9 Å². The van der Waals surface area contributed by atoms with Gasteiger partial charge in [-0.3, -0.25) is 4.79 Å². The number of fused-ring (bicyclic) bond motifs is 1. The van der Waals surface area contributed by atoms with Crippen LogP contribution >= 0.6 is 0 Å². The maximum absolute atomic E-state index is 12.7. The van der Waals surface area contributed by atoms with Crippen LogP contribution in [0.1, 0.15) is 39.6 Å². The normalized spacial score (nSPS) is 16.4. The smallest absolute Gasteiger partial charge is 0.227 e. The fraction of sp³-hybridized carbons (Fsp3) is 0.190. The highest BCUT2D eigenvalue weighted by Gasteiger charge is 2.29. The van der Waals surface area contributed by atoms with Crippen LogP contribution in [-0.2, 0) is 6.42 Å². The zero-order valence-electron chi connectivity index (χ0n) is 14.1. The Balaban J connectivity index is 1.68. The number of hydrogen-bond acceptors (Lipinski definition) is 4. The lowest BCUT2D eigenvalue weighted by atomic mass is 9.81. The fourth-order valence-electron chi connectivity index (χ4n) is 3.44. The van der Waals surface area contributed by atoms with Gasteiger partial charge in [-0.25, -0.2) is 9.97 Å². The molecule has 4 rings (SSSR count). The summed E-state index contributed by atoms with van der Waals surface area (Å²) in [6, 6.07) is 20.0. The van der Waals surface area contributed by atoms with Crippen LogP contribution in [0.2, 0.25) is 0 Å². The molecule has 1 N–H and O–H groups in total. The van der Waals surface area contributed by atoms with Crippen LogP contribution in [0.4, 0.5) is 11.6 Å². The number of anilines is 2. The highest BCUT2D eigenvalue weighted by atomic mass is 16.1. The van der Waals surface area contributed by atoms with Gasteiger partial charge in [-0.05, 0) is 37.0 Å². The summed E-state index contributed by atoms with van der Waals surface area (Å²) in [6.07, 6.45) is 1.28. The molecule has 124 valence electrons. The Morgan fingerprint density at radius 3 is 2.32 bits per heavy atom. The van der Waals surface area contributed by atoms with Gasteiger partial charge in [0.15, 0.2) is 5.78 Å². The maximum atomic E-state index is 12.7. The summed E-state index contributed by atoms with van der Waals surface area (Å²) >= 11 is 0. The molecule has 1 aromatic heterocycles. The van der Waals surface area contributed by atoms with E-state index < -0.39 is 0 Å². The molecule has 1 heterocycles. The molecular weight excluding hydrogens is 310 g/mol. The number of aromatic nitrogens is 2. The van der Waals surface area contributed by atoms with Crippen molar-refractivity contribution in [3.8, 4) is 0 Å². The third-order valence-corrected chi connectivity index (χ3v) is 4.62. The van der Waals surface area contributed by atoms with Gasteiger partial charge in [0.1, 0.15) is 0 Å². The molecule has 0 aliphatic heterocycles. The van der Waals surface area contributed by atoms with Crippen molar-refractivity contribution in [2.24, 2.45) is 0 Å². The van der Waals surface area contributed by atoms with Crippen LogP contribution < -0.4 is 5.32 Å². The van der Waals surface area contributed by atoms with Crippen molar-refractivity contribution in [1.29, 1.82) is 0 Å². The molecule has 1 aliphatic rings. The van der Waals surface area contributed by atoms with Crippen molar-refractivity contribution >= 4 is 17.4 Å². The summed E-state index contributed by atoms with van der Waals surface area (Å²) < 4.78 is 0. The van der Waals surface area contributed by atoms with Crippen molar-refractivity contribution in [1.82, 2.24) is 9.97 Å². The number of nitrogens with one attached hydrogen (secondary N) is 1. The number of carbonyl (C=O) groups excluding carboxylic acids is 1. The Bertz CT molecular complexity index is 907. The van der Waals surface area contributed by atoms with Crippen LogP contribution in [0.5, 0.6) is 0 Å². The number of Topliss-reactive ketones (excluding diaryl/α,β-unsaturated/α-hetero) is 1. The van der Waals surface area contributed by atoms with Gasteiger partial charge in [0.2, 0.25) is 5.95 Å². The van der Waals surface area contributed by atoms with E-state index >= 15 is 0 Å². The summed E-state index contributed by atoms with van der Waals surface area (Å²) in [5, 5.41) is 3.23. The first-order valence-corrected chi connectivity index (χ1v) is 8.48. The molecule has 4 heteroatoms. The molecule has 0 bridgehead atoms. The molecule has 0 saturated heterocycles. The molecule has 0 radical (unpaired) electrons. The van der Waals surface area contributed by atoms with E-state index in [1.807, 2.05) is 55.5 Å². The van der Waals surface area contributed by atoms with Gasteiger partial charge in [0.05, 0.1) is 17.0 Å². The second kappa shape index (κ2) is 6.48. The van der Waals surface area contributed by atoms with E-state index in [-0.39, 0.29) is 11.7 Å². The lowest BCUT2D eigenvalue weighted by Gasteiger charge is -2.24. The zero-order chi connectivity index (χ0) is 17.2. The Labute approximate surface area is 147 Å². The van der Waals surface area contributed by atoms with E-state index in [4.69, 9.17) is 0 Å². The summed E-state index contributed by atoms with van der Waals surface area (Å²) in [6.45, 7) is 1.89. The third-order valence-electron chi connectivity index (χ3n) is 4.62. The van der Waals surface area contributed by atoms with Crippen LogP contribution in [0.25, 0.3) is 0 Å². The predicted octanol–water partition coefficient (Wildman–Crippen LogP) is 4.44. The van der Waals surface area contributed by atoms with Crippen molar-refractivity contribution < 1.29 is 4.79 Å². The van der Waals surface area contributed by atoms with E-state index in [2.05, 4.69) is 27.4 Å². The van der Waals surface area contributed by atoms with Gasteiger partial charge < -0.3 is 5.32 Å². The Hall–Kier alpha value is -3.01. The summed E-state index contributed by atoms with van der Waals surface area (Å²) in [4.78, 5) is 21.8. The molecule has 0 spiro atoms. The fourth-order valence-corrected chi connectivity index (χ4v) is 3.44. The summed E-state index contributed by atoms with van der Waals surface area (Å²) in [7, 11) is 0. The molecule has 0 unspecified atom stereocenters. The van der Waals surface area contributed by atoms with Crippen molar-refractivity contribution in [2.75, 3.05) is 5.32 Å². The first-order valence-electron chi connectivity index (χ1n) is 8.48. The van der Waals surface area contributed by atoms with Crippen LogP contribution in [0.15, 0.2) is 60.7 Å². The quantitative estimate of drug-likeness (QED) is 0.772. The number of nitrogens with zero attached hydrogens (tertiary/aromatic N) is 2. The first kappa shape index (κ1) is 15.5. The van der Waals surface area contributed by atoms with E-state index in [1.54, 1.807) is 0 Å². The molecule has 4 nitrogen and oxygen atoms in total. The minimum absolute atomic E-state index is 0.138. The molecule has 2 aromatic carbocycles. The van der Waals surface area contributed by atoms with Crippen LogP contribution in [-0.4, -0.2) is 15.8 Å². The molecule has 25 heavy (non-hydrogen) atoms. The minimum Gasteiger partial charge on any atom is -0.324 e. The Morgan fingerprint density at radius 2 is 1.60 bits per heavy atom.